The molecule has 0 saturated heterocycles. The number of hydrogen-bond donors (Lipinski definition) is 2. The minimum atomic E-state index is -2.96. The van der Waals surface area contributed by atoms with E-state index in [1.165, 1.54) is 18.6 Å². The summed E-state index contributed by atoms with van der Waals surface area (Å²) in [4.78, 5) is 7.70. The summed E-state index contributed by atoms with van der Waals surface area (Å²) in [5.41, 5.74) is 5.48. The highest BCUT2D eigenvalue weighted by molar-refractivity contribution is 7.90. The largest absolute Gasteiger partial charge is 0.381 e. The van der Waals surface area contributed by atoms with Crippen molar-refractivity contribution in [2.45, 2.75) is 0 Å². The average molecular weight is 216 g/mol. The van der Waals surface area contributed by atoms with Gasteiger partial charge < -0.3 is 11.1 Å². The summed E-state index contributed by atoms with van der Waals surface area (Å²) in [5.74, 6) is 0.723. The molecule has 0 saturated carbocycles. The second-order valence-corrected chi connectivity index (χ2v) is 5.11. The maximum Gasteiger partial charge on any atom is 0.168 e. The Kier molecular flexibility index (Phi) is 3.23. The van der Waals surface area contributed by atoms with Gasteiger partial charge in [0.25, 0.3) is 0 Å². The molecule has 0 aliphatic rings. The van der Waals surface area contributed by atoms with Crippen molar-refractivity contribution in [3.63, 3.8) is 0 Å². The fourth-order valence-electron chi connectivity index (χ4n) is 0.840. The Morgan fingerprint density at radius 2 is 2.07 bits per heavy atom. The highest BCUT2D eigenvalue weighted by Gasteiger charge is 2.03. The van der Waals surface area contributed by atoms with E-state index < -0.39 is 9.84 Å². The molecule has 0 amide bonds. The van der Waals surface area contributed by atoms with Gasteiger partial charge in [-0.05, 0) is 0 Å². The lowest BCUT2D eigenvalue weighted by Crippen LogP contribution is -2.15. The molecule has 0 aliphatic carbocycles. The van der Waals surface area contributed by atoms with Crippen LogP contribution in [0.25, 0.3) is 0 Å². The van der Waals surface area contributed by atoms with E-state index in [-0.39, 0.29) is 18.1 Å². The van der Waals surface area contributed by atoms with E-state index in [2.05, 4.69) is 15.3 Å². The summed E-state index contributed by atoms with van der Waals surface area (Å²) >= 11 is 0. The molecule has 0 radical (unpaired) electrons. The third kappa shape index (κ3) is 3.56. The monoisotopic (exact) mass is 216 g/mol. The van der Waals surface area contributed by atoms with Crippen LogP contribution in [-0.4, -0.2) is 36.9 Å². The fraction of sp³-hybridized carbons (Fsp3) is 0.429. The minimum absolute atomic E-state index is 0.0447. The van der Waals surface area contributed by atoms with E-state index >= 15 is 0 Å². The van der Waals surface area contributed by atoms with E-state index in [0.29, 0.717) is 5.82 Å². The Balaban J connectivity index is 2.51. The van der Waals surface area contributed by atoms with Crippen molar-refractivity contribution in [1.82, 2.24) is 9.97 Å². The molecule has 0 atom stereocenters. The number of nitrogens with one attached hydrogen (secondary N) is 1. The zero-order valence-electron chi connectivity index (χ0n) is 7.77. The zero-order valence-corrected chi connectivity index (χ0v) is 8.58. The SMILES string of the molecule is CS(=O)(=O)CCNc1nccnc1N. The Labute approximate surface area is 82.5 Å². The normalized spacial score (nSPS) is 11.2. The Hall–Kier alpha value is -1.37. The molecule has 14 heavy (non-hydrogen) atoms. The molecule has 0 aromatic carbocycles. The maximum atomic E-state index is 10.8. The van der Waals surface area contributed by atoms with Gasteiger partial charge in [0.1, 0.15) is 9.84 Å². The standard InChI is InChI=1S/C7H12N4O2S/c1-14(12,13)5-4-11-7-6(8)9-2-3-10-7/h2-3H,4-5H2,1H3,(H2,8,9)(H,10,11). The Morgan fingerprint density at radius 3 is 2.64 bits per heavy atom. The van der Waals surface area contributed by atoms with Crippen molar-refractivity contribution in [3.8, 4) is 0 Å². The van der Waals surface area contributed by atoms with Crippen LogP contribution in [0.2, 0.25) is 0 Å². The number of nitrogens with zero attached hydrogens (tertiary/aromatic N) is 2. The van der Waals surface area contributed by atoms with Crippen molar-refractivity contribution in [1.29, 1.82) is 0 Å². The number of nitrogens with two attached hydrogens (primary N) is 1. The molecule has 78 valence electrons. The lowest BCUT2D eigenvalue weighted by Gasteiger charge is -2.05. The van der Waals surface area contributed by atoms with E-state index in [1.807, 2.05) is 0 Å². The third-order valence-corrected chi connectivity index (χ3v) is 2.44. The van der Waals surface area contributed by atoms with Crippen molar-refractivity contribution in [2.75, 3.05) is 29.6 Å². The topological polar surface area (TPSA) is 98.0 Å². The summed E-state index contributed by atoms with van der Waals surface area (Å²) < 4.78 is 21.6. The van der Waals surface area contributed by atoms with Gasteiger partial charge in [0.15, 0.2) is 11.6 Å². The molecule has 6 nitrogen and oxygen atoms in total. The van der Waals surface area contributed by atoms with Crippen LogP contribution in [0.15, 0.2) is 12.4 Å². The molecule has 0 fully saturated rings. The Morgan fingerprint density at radius 1 is 1.43 bits per heavy atom. The second kappa shape index (κ2) is 4.23. The van der Waals surface area contributed by atoms with E-state index in [9.17, 15) is 8.42 Å². The van der Waals surface area contributed by atoms with Gasteiger partial charge >= 0.3 is 0 Å². The van der Waals surface area contributed by atoms with Gasteiger partial charge in [-0.2, -0.15) is 0 Å². The molecular formula is C7H12N4O2S. The molecule has 1 heterocycles. The van der Waals surface area contributed by atoms with E-state index in [1.54, 1.807) is 0 Å². The molecule has 0 unspecified atom stereocenters. The summed E-state index contributed by atoms with van der Waals surface area (Å²) in [6.45, 7) is 0.279. The maximum absolute atomic E-state index is 10.8. The molecular weight excluding hydrogens is 204 g/mol. The lowest BCUT2D eigenvalue weighted by atomic mass is 10.5. The van der Waals surface area contributed by atoms with Gasteiger partial charge in [-0.15, -0.1) is 0 Å². The first-order valence-corrected chi connectivity index (χ1v) is 6.03. The quantitative estimate of drug-likeness (QED) is 0.705. The molecule has 0 bridgehead atoms. The van der Waals surface area contributed by atoms with Crippen LogP contribution in [0.5, 0.6) is 0 Å². The summed E-state index contributed by atoms with van der Waals surface area (Å²) in [6, 6.07) is 0. The molecule has 1 aromatic rings. The van der Waals surface area contributed by atoms with Gasteiger partial charge in [-0.1, -0.05) is 0 Å². The van der Waals surface area contributed by atoms with E-state index in [0.717, 1.165) is 0 Å². The molecule has 0 aliphatic heterocycles. The molecule has 1 aromatic heterocycles. The summed E-state index contributed by atoms with van der Waals surface area (Å²) in [6.07, 6.45) is 4.13. The number of anilines is 2. The smallest absolute Gasteiger partial charge is 0.168 e. The number of aromatic nitrogens is 2. The van der Waals surface area contributed by atoms with Gasteiger partial charge in [0, 0.05) is 25.2 Å². The predicted octanol–water partition coefficient (Wildman–Crippen LogP) is -0.485. The van der Waals surface area contributed by atoms with Crippen molar-refractivity contribution in [3.05, 3.63) is 12.4 Å². The highest BCUT2D eigenvalue weighted by Crippen LogP contribution is 2.08. The van der Waals surface area contributed by atoms with Gasteiger partial charge in [-0.25, -0.2) is 18.4 Å². The van der Waals surface area contributed by atoms with Gasteiger partial charge in [0.05, 0.1) is 5.75 Å². The van der Waals surface area contributed by atoms with Crippen LogP contribution in [0.4, 0.5) is 11.6 Å². The molecule has 0 spiro atoms. The Bertz CT molecular complexity index is 404. The fourth-order valence-corrected chi connectivity index (χ4v) is 1.31. The summed E-state index contributed by atoms with van der Waals surface area (Å²) in [5, 5.41) is 2.79. The number of hydrogen-bond acceptors (Lipinski definition) is 6. The van der Waals surface area contributed by atoms with Gasteiger partial charge in [0.2, 0.25) is 0 Å². The van der Waals surface area contributed by atoms with E-state index in [4.69, 9.17) is 5.73 Å². The molecule has 1 rings (SSSR count). The van der Waals surface area contributed by atoms with Crippen LogP contribution < -0.4 is 11.1 Å². The molecule has 3 N–H and O–H groups in total. The van der Waals surface area contributed by atoms with Crippen LogP contribution >= 0.6 is 0 Å². The number of sulfone groups is 1. The van der Waals surface area contributed by atoms with Crippen LogP contribution in [0, 0.1) is 0 Å². The second-order valence-electron chi connectivity index (χ2n) is 2.85. The number of nitrogen functional groups attached to an aromatic ring is 1. The first-order chi connectivity index (χ1) is 6.49. The zero-order chi connectivity index (χ0) is 10.6. The first kappa shape index (κ1) is 10.7. The first-order valence-electron chi connectivity index (χ1n) is 3.97. The van der Waals surface area contributed by atoms with Crippen LogP contribution in [0.1, 0.15) is 0 Å². The molecule has 7 heteroatoms. The van der Waals surface area contributed by atoms with Crippen LogP contribution in [0.3, 0.4) is 0 Å². The van der Waals surface area contributed by atoms with Crippen molar-refractivity contribution < 1.29 is 8.42 Å². The minimum Gasteiger partial charge on any atom is -0.381 e. The summed E-state index contributed by atoms with van der Waals surface area (Å²) in [7, 11) is -2.96. The lowest BCUT2D eigenvalue weighted by molar-refractivity contribution is 0.602. The van der Waals surface area contributed by atoms with Gasteiger partial charge in [-0.3, -0.25) is 0 Å². The van der Waals surface area contributed by atoms with Crippen molar-refractivity contribution >= 4 is 21.5 Å². The number of rotatable bonds is 4. The average Bonchev–Trinajstić information content (AvgIpc) is 2.06. The van der Waals surface area contributed by atoms with Crippen molar-refractivity contribution in [2.24, 2.45) is 0 Å². The third-order valence-electron chi connectivity index (χ3n) is 1.49. The van der Waals surface area contributed by atoms with Crippen LogP contribution in [-0.2, 0) is 9.84 Å². The predicted molar refractivity (Wildman–Crippen MR) is 54.6 cm³/mol. The highest BCUT2D eigenvalue weighted by atomic mass is 32.2.